The molecule has 1 amide bonds. The Morgan fingerprint density at radius 1 is 1.09 bits per heavy atom. The standard InChI is InChI=1S/C15H23NO6/c17-5-3-16(4-6-18)15(22)8-11(10-19)7-12-1-2-13(20)9-14(12)21/h1-2,9,11,17-21H,3-8,10H2. The number of aliphatic hydroxyl groups is 3. The molecule has 7 nitrogen and oxygen atoms in total. The van der Waals surface area contributed by atoms with Crippen LogP contribution in [0.15, 0.2) is 18.2 Å². The molecule has 22 heavy (non-hydrogen) atoms. The van der Waals surface area contributed by atoms with E-state index in [-0.39, 0.29) is 63.2 Å². The van der Waals surface area contributed by atoms with Gasteiger partial charge in [-0.15, -0.1) is 0 Å². The van der Waals surface area contributed by atoms with E-state index in [4.69, 9.17) is 10.2 Å². The molecule has 0 fully saturated rings. The molecule has 0 spiro atoms. The zero-order valence-electron chi connectivity index (χ0n) is 12.4. The minimum Gasteiger partial charge on any atom is -0.508 e. The number of hydrogen-bond acceptors (Lipinski definition) is 6. The molecule has 7 heteroatoms. The average Bonchev–Trinajstić information content (AvgIpc) is 2.48. The highest BCUT2D eigenvalue weighted by atomic mass is 16.3. The molecule has 1 unspecified atom stereocenters. The third kappa shape index (κ3) is 5.51. The first-order valence-corrected chi connectivity index (χ1v) is 7.13. The lowest BCUT2D eigenvalue weighted by Crippen LogP contribution is -2.37. The number of phenols is 2. The number of benzene rings is 1. The monoisotopic (exact) mass is 313 g/mol. The Balaban J connectivity index is 2.69. The molecule has 0 aliphatic heterocycles. The fraction of sp³-hybridized carbons (Fsp3) is 0.533. The van der Waals surface area contributed by atoms with Crippen LogP contribution in [0, 0.1) is 5.92 Å². The van der Waals surface area contributed by atoms with Crippen molar-refractivity contribution in [2.75, 3.05) is 32.9 Å². The third-order valence-electron chi connectivity index (χ3n) is 3.39. The van der Waals surface area contributed by atoms with Crippen LogP contribution in [-0.4, -0.2) is 69.2 Å². The largest absolute Gasteiger partial charge is 0.508 e. The van der Waals surface area contributed by atoms with E-state index in [1.54, 1.807) is 0 Å². The predicted molar refractivity (Wildman–Crippen MR) is 79.4 cm³/mol. The van der Waals surface area contributed by atoms with Crippen LogP contribution in [0.1, 0.15) is 12.0 Å². The van der Waals surface area contributed by atoms with E-state index in [0.717, 1.165) is 0 Å². The van der Waals surface area contributed by atoms with Crippen molar-refractivity contribution in [2.24, 2.45) is 5.92 Å². The van der Waals surface area contributed by atoms with Crippen LogP contribution in [0.5, 0.6) is 11.5 Å². The molecule has 1 aromatic carbocycles. The molecule has 0 heterocycles. The van der Waals surface area contributed by atoms with E-state index in [0.29, 0.717) is 5.56 Å². The van der Waals surface area contributed by atoms with E-state index >= 15 is 0 Å². The van der Waals surface area contributed by atoms with Gasteiger partial charge in [0.2, 0.25) is 5.91 Å². The van der Waals surface area contributed by atoms with E-state index in [2.05, 4.69) is 0 Å². The Labute approximate surface area is 129 Å². The van der Waals surface area contributed by atoms with Crippen molar-refractivity contribution < 1.29 is 30.3 Å². The summed E-state index contributed by atoms with van der Waals surface area (Å²) < 4.78 is 0. The van der Waals surface area contributed by atoms with E-state index in [9.17, 15) is 20.1 Å². The number of aromatic hydroxyl groups is 2. The van der Waals surface area contributed by atoms with Crippen LogP contribution in [-0.2, 0) is 11.2 Å². The van der Waals surface area contributed by atoms with Gasteiger partial charge in [-0.05, 0) is 24.0 Å². The van der Waals surface area contributed by atoms with Gasteiger partial charge < -0.3 is 30.4 Å². The van der Waals surface area contributed by atoms with Crippen LogP contribution in [0.2, 0.25) is 0 Å². The maximum absolute atomic E-state index is 12.1. The van der Waals surface area contributed by atoms with Gasteiger partial charge in [0.1, 0.15) is 11.5 Å². The van der Waals surface area contributed by atoms with Crippen molar-refractivity contribution in [3.05, 3.63) is 23.8 Å². The maximum Gasteiger partial charge on any atom is 0.223 e. The number of rotatable bonds is 9. The minimum atomic E-state index is -0.400. The fourth-order valence-corrected chi connectivity index (χ4v) is 2.22. The zero-order valence-corrected chi connectivity index (χ0v) is 12.4. The number of aliphatic hydroxyl groups excluding tert-OH is 3. The third-order valence-corrected chi connectivity index (χ3v) is 3.39. The number of carbonyl (C=O) groups is 1. The summed E-state index contributed by atoms with van der Waals surface area (Å²) in [5.41, 5.74) is 0.528. The molecule has 5 N–H and O–H groups in total. The predicted octanol–water partition coefficient (Wildman–Crippen LogP) is -0.548. The molecule has 0 saturated carbocycles. The SMILES string of the molecule is O=C(CC(CO)Cc1ccc(O)cc1O)N(CCO)CCO. The van der Waals surface area contributed by atoms with Crippen LogP contribution in [0.25, 0.3) is 0 Å². The molecule has 0 aliphatic carbocycles. The lowest BCUT2D eigenvalue weighted by Gasteiger charge is -2.23. The number of amides is 1. The zero-order chi connectivity index (χ0) is 16.5. The maximum atomic E-state index is 12.1. The Morgan fingerprint density at radius 3 is 2.23 bits per heavy atom. The van der Waals surface area contributed by atoms with E-state index < -0.39 is 5.92 Å². The first-order chi connectivity index (χ1) is 10.5. The Kier molecular flexibility index (Phi) is 7.65. The summed E-state index contributed by atoms with van der Waals surface area (Å²) >= 11 is 0. The molecule has 124 valence electrons. The minimum absolute atomic E-state index is 0.0385. The quantitative estimate of drug-likeness (QED) is 0.417. The van der Waals surface area contributed by atoms with Crippen LogP contribution in [0.3, 0.4) is 0 Å². The topological polar surface area (TPSA) is 121 Å². The van der Waals surface area contributed by atoms with Gasteiger partial charge in [0.15, 0.2) is 0 Å². The number of nitrogens with zero attached hydrogens (tertiary/aromatic N) is 1. The first kappa shape index (κ1) is 18.2. The molecule has 0 bridgehead atoms. The number of carbonyl (C=O) groups excluding carboxylic acids is 1. The van der Waals surface area contributed by atoms with Gasteiger partial charge in [0.05, 0.1) is 13.2 Å². The Hall–Kier alpha value is -1.83. The molecule has 1 atom stereocenters. The lowest BCUT2D eigenvalue weighted by atomic mass is 9.95. The molecule has 0 radical (unpaired) electrons. The summed E-state index contributed by atoms with van der Waals surface area (Å²) in [5, 5.41) is 46.3. The van der Waals surface area contributed by atoms with Gasteiger partial charge in [0, 0.05) is 32.2 Å². The number of phenolic OH excluding ortho intramolecular Hbond substituents is 2. The van der Waals surface area contributed by atoms with E-state index in [1.807, 2.05) is 0 Å². The summed E-state index contributed by atoms with van der Waals surface area (Å²) in [6.07, 6.45) is 0.317. The smallest absolute Gasteiger partial charge is 0.223 e. The Morgan fingerprint density at radius 2 is 1.73 bits per heavy atom. The van der Waals surface area contributed by atoms with Crippen molar-refractivity contribution in [1.29, 1.82) is 0 Å². The molecule has 1 aromatic rings. The van der Waals surface area contributed by atoms with Crippen molar-refractivity contribution in [2.45, 2.75) is 12.8 Å². The van der Waals surface area contributed by atoms with E-state index in [1.165, 1.54) is 23.1 Å². The molecular weight excluding hydrogens is 290 g/mol. The van der Waals surface area contributed by atoms with Gasteiger partial charge in [-0.3, -0.25) is 4.79 Å². The molecule has 0 saturated heterocycles. The summed E-state index contributed by atoms with van der Waals surface area (Å²) in [6.45, 7) is -0.384. The second kappa shape index (κ2) is 9.24. The van der Waals surface area contributed by atoms with Gasteiger partial charge in [-0.25, -0.2) is 0 Å². The van der Waals surface area contributed by atoms with Crippen molar-refractivity contribution in [3.8, 4) is 11.5 Å². The second-order valence-corrected chi connectivity index (χ2v) is 5.10. The van der Waals surface area contributed by atoms with Crippen molar-refractivity contribution in [3.63, 3.8) is 0 Å². The van der Waals surface area contributed by atoms with Gasteiger partial charge in [0.25, 0.3) is 0 Å². The van der Waals surface area contributed by atoms with Crippen LogP contribution >= 0.6 is 0 Å². The van der Waals surface area contributed by atoms with Crippen LogP contribution < -0.4 is 0 Å². The second-order valence-electron chi connectivity index (χ2n) is 5.10. The van der Waals surface area contributed by atoms with Crippen molar-refractivity contribution >= 4 is 5.91 Å². The van der Waals surface area contributed by atoms with Crippen LogP contribution in [0.4, 0.5) is 0 Å². The molecular formula is C15H23NO6. The average molecular weight is 313 g/mol. The summed E-state index contributed by atoms with van der Waals surface area (Å²) in [6, 6.07) is 4.17. The highest BCUT2D eigenvalue weighted by Crippen LogP contribution is 2.26. The number of hydrogen-bond donors (Lipinski definition) is 5. The molecule has 1 rings (SSSR count). The molecule has 0 aromatic heterocycles. The summed E-state index contributed by atoms with van der Waals surface area (Å²) in [5.74, 6) is -0.827. The normalized spacial score (nSPS) is 12.1. The van der Waals surface area contributed by atoms with Gasteiger partial charge in [-0.2, -0.15) is 0 Å². The highest BCUT2D eigenvalue weighted by Gasteiger charge is 2.20. The lowest BCUT2D eigenvalue weighted by molar-refractivity contribution is -0.133. The summed E-state index contributed by atoms with van der Waals surface area (Å²) in [7, 11) is 0. The Bertz CT molecular complexity index is 473. The first-order valence-electron chi connectivity index (χ1n) is 7.13. The highest BCUT2D eigenvalue weighted by molar-refractivity contribution is 5.76. The molecule has 0 aliphatic rings. The van der Waals surface area contributed by atoms with Gasteiger partial charge >= 0.3 is 0 Å². The summed E-state index contributed by atoms with van der Waals surface area (Å²) in [4.78, 5) is 13.4. The van der Waals surface area contributed by atoms with Crippen molar-refractivity contribution in [1.82, 2.24) is 4.90 Å². The fourth-order valence-electron chi connectivity index (χ4n) is 2.22. The van der Waals surface area contributed by atoms with Gasteiger partial charge in [-0.1, -0.05) is 6.07 Å².